The Bertz CT molecular complexity index is 618. The molecule has 0 bridgehead atoms. The van der Waals surface area contributed by atoms with Crippen LogP contribution in [0.2, 0.25) is 0 Å². The molecule has 1 spiro atoms. The second-order valence-electron chi connectivity index (χ2n) is 6.98. The van der Waals surface area contributed by atoms with Crippen LogP contribution in [0.25, 0.3) is 0 Å². The van der Waals surface area contributed by atoms with Gasteiger partial charge in [-0.15, -0.1) is 0 Å². The zero-order chi connectivity index (χ0) is 17.4. The molecule has 4 nitrogen and oxygen atoms in total. The lowest BCUT2D eigenvalue weighted by atomic mass is 9.48. The van der Waals surface area contributed by atoms with Crippen LogP contribution in [0, 0.1) is 5.41 Å². The summed E-state index contributed by atoms with van der Waals surface area (Å²) in [4.78, 5) is 12.0. The van der Waals surface area contributed by atoms with Crippen molar-refractivity contribution in [1.82, 2.24) is 5.32 Å². The van der Waals surface area contributed by atoms with E-state index in [2.05, 4.69) is 5.32 Å². The molecule has 2 aliphatic carbocycles. The largest absolute Gasteiger partial charge is 0.483 e. The lowest BCUT2D eigenvalue weighted by molar-refractivity contribution is -0.141. The van der Waals surface area contributed by atoms with Crippen molar-refractivity contribution in [2.45, 2.75) is 43.8 Å². The molecular weight excluding hydrogens is 323 g/mol. The van der Waals surface area contributed by atoms with Crippen LogP contribution in [-0.2, 0) is 11.0 Å². The predicted octanol–water partition coefficient (Wildman–Crippen LogP) is 2.90. The minimum atomic E-state index is -4.54. The maximum atomic E-state index is 12.9. The number of amides is 1. The molecule has 0 saturated heterocycles. The number of hydrogen-bond acceptors (Lipinski definition) is 3. The maximum absolute atomic E-state index is 12.9. The second-order valence-corrected chi connectivity index (χ2v) is 6.98. The molecule has 0 unspecified atom stereocenters. The molecule has 132 valence electrons. The van der Waals surface area contributed by atoms with Gasteiger partial charge in [0, 0.05) is 0 Å². The Hall–Kier alpha value is -1.76. The molecule has 0 aliphatic heterocycles. The first kappa shape index (κ1) is 17.1. The van der Waals surface area contributed by atoms with Crippen molar-refractivity contribution in [3.8, 4) is 5.75 Å². The number of alkyl halides is 3. The normalized spacial score (nSPS) is 20.8. The van der Waals surface area contributed by atoms with Crippen molar-refractivity contribution in [2.75, 3.05) is 13.2 Å². The van der Waals surface area contributed by atoms with Gasteiger partial charge in [0.1, 0.15) is 5.75 Å². The molecule has 2 aliphatic rings. The fraction of sp³-hybridized carbons (Fsp3) is 0.588. The SMILES string of the molecule is O=C(COc1ccccc1C(F)(F)F)NC1(CO)CC2(CCC2)C1. The molecule has 2 N–H and O–H groups in total. The molecule has 7 heteroatoms. The number of benzene rings is 1. The van der Waals surface area contributed by atoms with Gasteiger partial charge < -0.3 is 15.2 Å². The number of aliphatic hydroxyl groups is 1. The Morgan fingerprint density at radius 2 is 1.92 bits per heavy atom. The summed E-state index contributed by atoms with van der Waals surface area (Å²) in [6.45, 7) is -0.679. The number of para-hydroxylation sites is 1. The van der Waals surface area contributed by atoms with Crippen molar-refractivity contribution in [3.63, 3.8) is 0 Å². The summed E-state index contributed by atoms with van der Waals surface area (Å²) in [5.74, 6) is -0.891. The highest BCUT2D eigenvalue weighted by atomic mass is 19.4. The van der Waals surface area contributed by atoms with Gasteiger partial charge in [0.05, 0.1) is 17.7 Å². The summed E-state index contributed by atoms with van der Waals surface area (Å²) in [6.07, 6.45) is 0.305. The third-order valence-corrected chi connectivity index (χ3v) is 5.10. The number of nitrogens with one attached hydrogen (secondary N) is 1. The first-order chi connectivity index (χ1) is 11.3. The van der Waals surface area contributed by atoms with Crippen molar-refractivity contribution in [1.29, 1.82) is 0 Å². The molecule has 1 aromatic rings. The fourth-order valence-electron chi connectivity index (χ4n) is 3.96. The van der Waals surface area contributed by atoms with Gasteiger partial charge in [-0.2, -0.15) is 13.2 Å². The van der Waals surface area contributed by atoms with Crippen LogP contribution in [0.4, 0.5) is 13.2 Å². The van der Waals surface area contributed by atoms with Crippen LogP contribution >= 0.6 is 0 Å². The average molecular weight is 343 g/mol. The Morgan fingerprint density at radius 3 is 2.46 bits per heavy atom. The van der Waals surface area contributed by atoms with Crippen molar-refractivity contribution >= 4 is 5.91 Å². The van der Waals surface area contributed by atoms with Gasteiger partial charge in [0.15, 0.2) is 6.61 Å². The number of carbonyl (C=O) groups is 1. The second kappa shape index (κ2) is 5.95. The van der Waals surface area contributed by atoms with Gasteiger partial charge in [-0.3, -0.25) is 4.79 Å². The van der Waals surface area contributed by atoms with E-state index >= 15 is 0 Å². The van der Waals surface area contributed by atoms with E-state index in [1.165, 1.54) is 24.6 Å². The van der Waals surface area contributed by atoms with E-state index in [4.69, 9.17) is 4.74 Å². The van der Waals surface area contributed by atoms with E-state index in [0.717, 1.165) is 31.7 Å². The Labute approximate surface area is 138 Å². The van der Waals surface area contributed by atoms with E-state index < -0.39 is 29.8 Å². The first-order valence-corrected chi connectivity index (χ1v) is 7.99. The third kappa shape index (κ3) is 3.22. The summed E-state index contributed by atoms with van der Waals surface area (Å²) in [5, 5.41) is 12.3. The van der Waals surface area contributed by atoms with Gasteiger partial charge in [-0.1, -0.05) is 18.6 Å². The van der Waals surface area contributed by atoms with Crippen LogP contribution in [0.15, 0.2) is 24.3 Å². The highest BCUT2D eigenvalue weighted by Gasteiger charge is 2.57. The average Bonchev–Trinajstić information content (AvgIpc) is 2.46. The predicted molar refractivity (Wildman–Crippen MR) is 80.4 cm³/mol. The number of halogens is 3. The van der Waals surface area contributed by atoms with E-state index in [-0.39, 0.29) is 17.8 Å². The lowest BCUT2D eigenvalue weighted by Crippen LogP contribution is -2.66. The summed E-state index contributed by atoms with van der Waals surface area (Å²) < 4.78 is 43.7. The maximum Gasteiger partial charge on any atom is 0.419 e. The van der Waals surface area contributed by atoms with Crippen molar-refractivity contribution < 1.29 is 27.8 Å². The van der Waals surface area contributed by atoms with E-state index in [1.807, 2.05) is 0 Å². The fourth-order valence-corrected chi connectivity index (χ4v) is 3.96. The van der Waals surface area contributed by atoms with Crippen LogP contribution in [0.1, 0.15) is 37.7 Å². The lowest BCUT2D eigenvalue weighted by Gasteiger charge is -2.60. The summed E-state index contributed by atoms with van der Waals surface area (Å²) in [5.41, 5.74) is -1.31. The smallest absolute Gasteiger partial charge is 0.419 e. The first-order valence-electron chi connectivity index (χ1n) is 7.99. The van der Waals surface area contributed by atoms with Crippen LogP contribution < -0.4 is 10.1 Å². The van der Waals surface area contributed by atoms with Crippen LogP contribution in [0.3, 0.4) is 0 Å². The van der Waals surface area contributed by atoms with Crippen LogP contribution in [-0.4, -0.2) is 29.8 Å². The van der Waals surface area contributed by atoms with Crippen LogP contribution in [0.5, 0.6) is 5.75 Å². The van der Waals surface area contributed by atoms with Crippen molar-refractivity contribution in [3.05, 3.63) is 29.8 Å². The zero-order valence-corrected chi connectivity index (χ0v) is 13.2. The summed E-state index contributed by atoms with van der Waals surface area (Å²) in [6, 6.07) is 4.78. The molecule has 0 heterocycles. The van der Waals surface area contributed by atoms with E-state index in [9.17, 15) is 23.1 Å². The topological polar surface area (TPSA) is 58.6 Å². The third-order valence-electron chi connectivity index (χ3n) is 5.10. The minimum Gasteiger partial charge on any atom is -0.483 e. The Morgan fingerprint density at radius 1 is 1.25 bits per heavy atom. The monoisotopic (exact) mass is 343 g/mol. The minimum absolute atomic E-state index is 0.167. The molecular formula is C17H20F3NO3. The van der Waals surface area contributed by atoms with Gasteiger partial charge >= 0.3 is 6.18 Å². The van der Waals surface area contributed by atoms with E-state index in [0.29, 0.717) is 0 Å². The molecule has 1 aromatic carbocycles. The molecule has 1 amide bonds. The molecule has 24 heavy (non-hydrogen) atoms. The zero-order valence-electron chi connectivity index (χ0n) is 13.2. The summed E-state index contributed by atoms with van der Waals surface area (Å²) >= 11 is 0. The molecule has 0 radical (unpaired) electrons. The number of aliphatic hydroxyl groups excluding tert-OH is 1. The molecule has 3 rings (SSSR count). The molecule has 0 atom stereocenters. The molecule has 2 fully saturated rings. The van der Waals surface area contributed by atoms with Gasteiger partial charge in [-0.05, 0) is 43.2 Å². The van der Waals surface area contributed by atoms with E-state index in [1.54, 1.807) is 0 Å². The number of carbonyl (C=O) groups excluding carboxylic acids is 1. The standard InChI is InChI=1S/C17H20F3NO3/c18-17(19,20)12-4-1-2-5-13(12)24-8-14(23)21-16(11-22)9-15(10-16)6-3-7-15/h1-2,4-5,22H,3,6-11H2,(H,21,23). The Kier molecular flexibility index (Phi) is 4.23. The van der Waals surface area contributed by atoms with Gasteiger partial charge in [-0.25, -0.2) is 0 Å². The van der Waals surface area contributed by atoms with Crippen molar-refractivity contribution in [2.24, 2.45) is 5.41 Å². The highest BCUT2D eigenvalue weighted by Crippen LogP contribution is 2.60. The van der Waals surface area contributed by atoms with Gasteiger partial charge in [0.25, 0.3) is 5.91 Å². The number of ether oxygens (including phenoxy) is 1. The Balaban J connectivity index is 1.57. The summed E-state index contributed by atoms with van der Waals surface area (Å²) in [7, 11) is 0. The number of rotatable bonds is 5. The molecule has 2 saturated carbocycles. The highest BCUT2D eigenvalue weighted by molar-refractivity contribution is 5.78. The number of hydrogen-bond donors (Lipinski definition) is 2. The van der Waals surface area contributed by atoms with Gasteiger partial charge in [0.2, 0.25) is 0 Å². The quantitative estimate of drug-likeness (QED) is 0.864. The molecule has 0 aromatic heterocycles.